The van der Waals surface area contributed by atoms with E-state index in [-0.39, 0.29) is 12.3 Å². The van der Waals surface area contributed by atoms with Crippen LogP contribution in [0, 0.1) is 12.3 Å². The molecule has 1 fully saturated rings. The maximum Gasteiger partial charge on any atom is 0.311 e. The Morgan fingerprint density at radius 2 is 1.92 bits per heavy atom. The fourth-order valence-corrected chi connectivity index (χ4v) is 2.81. The van der Waals surface area contributed by atoms with Crippen LogP contribution < -0.4 is 5.32 Å². The van der Waals surface area contributed by atoms with Crippen molar-refractivity contribution < 1.29 is 24.0 Å². The van der Waals surface area contributed by atoms with Crippen molar-refractivity contribution in [1.82, 2.24) is 10.5 Å². The van der Waals surface area contributed by atoms with Crippen LogP contribution in [-0.2, 0) is 9.53 Å². The summed E-state index contributed by atoms with van der Waals surface area (Å²) in [6.45, 7) is 2.77. The highest BCUT2D eigenvalue weighted by Crippen LogP contribution is 2.30. The molecule has 1 aromatic heterocycles. The summed E-state index contributed by atoms with van der Waals surface area (Å²) in [5, 5.41) is 16.1. The highest BCUT2D eigenvalue weighted by molar-refractivity contribution is 5.92. The Balaban J connectivity index is 1.67. The average molecular weight is 344 g/mol. The first-order chi connectivity index (χ1) is 12.0. The summed E-state index contributed by atoms with van der Waals surface area (Å²) in [4.78, 5) is 23.9. The third kappa shape index (κ3) is 3.71. The number of carbonyl (C=O) groups is 2. The van der Waals surface area contributed by atoms with Crippen LogP contribution >= 0.6 is 0 Å². The standard InChI is InChI=1S/C18H20N2O5/c1-12-2-4-13(5-3-12)14-10-15(25-20-14)16(21)19-11-18(17(22)23)6-8-24-9-7-18/h2-5,10H,6-9,11H2,1H3,(H,19,21)(H,22,23). The first-order valence-corrected chi connectivity index (χ1v) is 8.13. The van der Waals surface area contributed by atoms with E-state index >= 15 is 0 Å². The number of carboxylic acid groups (broad SMARTS) is 1. The van der Waals surface area contributed by atoms with Gasteiger partial charge in [-0.05, 0) is 19.8 Å². The van der Waals surface area contributed by atoms with Crippen LogP contribution in [0.15, 0.2) is 34.9 Å². The van der Waals surface area contributed by atoms with Crippen molar-refractivity contribution in [2.45, 2.75) is 19.8 Å². The Kier molecular flexibility index (Phi) is 4.85. The smallest absolute Gasteiger partial charge is 0.311 e. The number of ether oxygens (including phenoxy) is 1. The Labute approximate surface area is 145 Å². The van der Waals surface area contributed by atoms with Gasteiger partial charge in [0.15, 0.2) is 0 Å². The molecule has 0 bridgehead atoms. The van der Waals surface area contributed by atoms with Gasteiger partial charge in [-0.2, -0.15) is 0 Å². The van der Waals surface area contributed by atoms with E-state index in [0.29, 0.717) is 31.7 Å². The van der Waals surface area contributed by atoms with Crippen LogP contribution in [0.1, 0.15) is 29.0 Å². The molecule has 0 atom stereocenters. The number of carbonyl (C=O) groups excluding carboxylic acids is 1. The molecule has 1 amide bonds. The molecule has 1 aliphatic heterocycles. The number of aliphatic carboxylic acids is 1. The number of benzene rings is 1. The second-order valence-corrected chi connectivity index (χ2v) is 6.32. The fourth-order valence-electron chi connectivity index (χ4n) is 2.81. The fraction of sp³-hybridized carbons (Fsp3) is 0.389. The first-order valence-electron chi connectivity index (χ1n) is 8.13. The van der Waals surface area contributed by atoms with E-state index < -0.39 is 17.3 Å². The van der Waals surface area contributed by atoms with Crippen molar-refractivity contribution >= 4 is 11.9 Å². The molecule has 2 N–H and O–H groups in total. The number of amides is 1. The van der Waals surface area contributed by atoms with Gasteiger partial charge in [-0.1, -0.05) is 35.0 Å². The van der Waals surface area contributed by atoms with Gasteiger partial charge < -0.3 is 19.7 Å². The SMILES string of the molecule is Cc1ccc(-c2cc(C(=O)NCC3(C(=O)O)CCOCC3)on2)cc1. The van der Waals surface area contributed by atoms with Crippen LogP contribution in [0.3, 0.4) is 0 Å². The molecule has 1 aromatic carbocycles. The van der Waals surface area contributed by atoms with E-state index in [1.807, 2.05) is 31.2 Å². The van der Waals surface area contributed by atoms with Gasteiger partial charge in [0.25, 0.3) is 5.91 Å². The molecule has 0 aliphatic carbocycles. The first kappa shape index (κ1) is 17.2. The summed E-state index contributed by atoms with van der Waals surface area (Å²) in [5.74, 6) is -1.34. The molecule has 132 valence electrons. The number of nitrogens with zero attached hydrogens (tertiary/aromatic N) is 1. The monoisotopic (exact) mass is 344 g/mol. The Morgan fingerprint density at radius 1 is 1.24 bits per heavy atom. The number of nitrogens with one attached hydrogen (secondary N) is 1. The van der Waals surface area contributed by atoms with Crippen LogP contribution in [0.2, 0.25) is 0 Å². The van der Waals surface area contributed by atoms with Crippen molar-refractivity contribution in [3.05, 3.63) is 41.7 Å². The van der Waals surface area contributed by atoms with Gasteiger partial charge in [-0.3, -0.25) is 9.59 Å². The summed E-state index contributed by atoms with van der Waals surface area (Å²) >= 11 is 0. The molecular weight excluding hydrogens is 324 g/mol. The van der Waals surface area contributed by atoms with Crippen molar-refractivity contribution in [2.24, 2.45) is 5.41 Å². The zero-order valence-corrected chi connectivity index (χ0v) is 13.9. The van der Waals surface area contributed by atoms with Gasteiger partial charge >= 0.3 is 5.97 Å². The normalized spacial score (nSPS) is 16.4. The van der Waals surface area contributed by atoms with E-state index in [0.717, 1.165) is 11.1 Å². The van der Waals surface area contributed by atoms with Crippen molar-refractivity contribution in [1.29, 1.82) is 0 Å². The highest BCUT2D eigenvalue weighted by atomic mass is 16.5. The quantitative estimate of drug-likeness (QED) is 0.863. The average Bonchev–Trinajstić information content (AvgIpc) is 3.11. The van der Waals surface area contributed by atoms with Crippen molar-refractivity contribution in [3.63, 3.8) is 0 Å². The molecule has 7 nitrogen and oxygen atoms in total. The predicted molar refractivity (Wildman–Crippen MR) is 89.1 cm³/mol. The molecule has 0 unspecified atom stereocenters. The number of hydrogen-bond donors (Lipinski definition) is 2. The lowest BCUT2D eigenvalue weighted by molar-refractivity contribution is -0.154. The molecule has 3 rings (SSSR count). The van der Waals surface area contributed by atoms with Crippen molar-refractivity contribution in [2.75, 3.05) is 19.8 Å². The Morgan fingerprint density at radius 3 is 2.56 bits per heavy atom. The number of aromatic nitrogens is 1. The summed E-state index contributed by atoms with van der Waals surface area (Å²) in [5.41, 5.74) is 1.54. The van der Waals surface area contributed by atoms with Crippen LogP contribution in [0.25, 0.3) is 11.3 Å². The van der Waals surface area contributed by atoms with E-state index in [1.54, 1.807) is 6.07 Å². The predicted octanol–water partition coefficient (Wildman–Crippen LogP) is 2.26. The molecule has 0 saturated carbocycles. The Bertz CT molecular complexity index is 760. The largest absolute Gasteiger partial charge is 0.481 e. The third-order valence-corrected chi connectivity index (χ3v) is 4.57. The minimum absolute atomic E-state index is 0.0328. The maximum atomic E-state index is 12.3. The second kappa shape index (κ2) is 7.06. The lowest BCUT2D eigenvalue weighted by Gasteiger charge is -2.32. The summed E-state index contributed by atoms with van der Waals surface area (Å²) in [6.07, 6.45) is 0.737. The molecule has 0 radical (unpaired) electrons. The molecule has 2 heterocycles. The van der Waals surface area contributed by atoms with Crippen molar-refractivity contribution in [3.8, 4) is 11.3 Å². The number of hydrogen-bond acceptors (Lipinski definition) is 5. The maximum absolute atomic E-state index is 12.3. The summed E-state index contributed by atoms with van der Waals surface area (Å²) in [7, 11) is 0. The van der Waals surface area contributed by atoms with E-state index in [1.165, 1.54) is 0 Å². The zero-order chi connectivity index (χ0) is 17.9. The topological polar surface area (TPSA) is 102 Å². The lowest BCUT2D eigenvalue weighted by atomic mass is 9.80. The molecule has 0 spiro atoms. The van der Waals surface area contributed by atoms with Gasteiger partial charge in [0.1, 0.15) is 5.69 Å². The van der Waals surface area contributed by atoms with Gasteiger partial charge in [0.2, 0.25) is 5.76 Å². The molecule has 25 heavy (non-hydrogen) atoms. The molecule has 1 aliphatic rings. The molecule has 7 heteroatoms. The lowest BCUT2D eigenvalue weighted by Crippen LogP contribution is -2.46. The minimum Gasteiger partial charge on any atom is -0.481 e. The molecule has 1 saturated heterocycles. The van der Waals surface area contributed by atoms with E-state index in [4.69, 9.17) is 9.26 Å². The number of aryl methyl sites for hydroxylation is 1. The zero-order valence-electron chi connectivity index (χ0n) is 13.9. The minimum atomic E-state index is -0.992. The number of rotatable bonds is 5. The van der Waals surface area contributed by atoms with Gasteiger partial charge in [-0.15, -0.1) is 0 Å². The van der Waals surface area contributed by atoms with Gasteiger partial charge in [0.05, 0.1) is 5.41 Å². The summed E-state index contributed by atoms with van der Waals surface area (Å²) < 4.78 is 10.3. The highest BCUT2D eigenvalue weighted by Gasteiger charge is 2.40. The van der Waals surface area contributed by atoms with Gasteiger partial charge in [0, 0.05) is 31.4 Å². The summed E-state index contributed by atoms with van der Waals surface area (Å²) in [6, 6.07) is 9.25. The number of carboxylic acids is 1. The second-order valence-electron chi connectivity index (χ2n) is 6.32. The molecule has 2 aromatic rings. The van der Waals surface area contributed by atoms with Crippen LogP contribution in [0.5, 0.6) is 0 Å². The van der Waals surface area contributed by atoms with E-state index in [2.05, 4.69) is 10.5 Å². The Hall–Kier alpha value is -2.67. The van der Waals surface area contributed by atoms with E-state index in [9.17, 15) is 14.7 Å². The van der Waals surface area contributed by atoms with Gasteiger partial charge in [-0.25, -0.2) is 0 Å². The molecular formula is C18H20N2O5. The van der Waals surface area contributed by atoms with Crippen LogP contribution in [0.4, 0.5) is 0 Å². The third-order valence-electron chi connectivity index (χ3n) is 4.57. The van der Waals surface area contributed by atoms with Crippen LogP contribution in [-0.4, -0.2) is 41.9 Å².